The summed E-state index contributed by atoms with van der Waals surface area (Å²) in [6, 6.07) is 29.5. The summed E-state index contributed by atoms with van der Waals surface area (Å²) in [5.41, 5.74) is 10.1. The monoisotopic (exact) mass is 896 g/mol. The average molecular weight is 897 g/mol. The number of anilines is 5. The molecule has 0 unspecified atom stereocenters. The summed E-state index contributed by atoms with van der Waals surface area (Å²) in [5, 5.41) is 33.3. The number of halogens is 1. The minimum atomic E-state index is -4.93. The summed E-state index contributed by atoms with van der Waals surface area (Å²) in [6.07, 6.45) is 0.900. The molecule has 1 heterocycles. The van der Waals surface area contributed by atoms with Crippen LogP contribution in [0, 0.1) is 6.92 Å². The molecule has 1 aromatic heterocycles. The Bertz CT molecular complexity index is 3140. The molecule has 0 fully saturated rings. The fourth-order valence-electron chi connectivity index (χ4n) is 6.52. The molecular weight excluding hydrogens is 860 g/mol. The fraction of sp³-hybridized carbons (Fsp3) is 0.146. The zero-order chi connectivity index (χ0) is 44.2. The van der Waals surface area contributed by atoms with Gasteiger partial charge in [-0.3, -0.25) is 9.11 Å². The summed E-state index contributed by atoms with van der Waals surface area (Å²) in [7, 11) is -9.41. The van der Waals surface area contributed by atoms with Crippen LogP contribution in [0.25, 0.3) is 21.5 Å². The Balaban J connectivity index is 1.13. The van der Waals surface area contributed by atoms with Crippen molar-refractivity contribution in [2.75, 3.05) is 29.1 Å². The molecule has 7 aromatic rings. The number of nitrogen functional groups attached to an aromatic ring is 1. The highest BCUT2D eigenvalue weighted by molar-refractivity contribution is 7.86. The number of aromatic hydroxyl groups is 1. The molecule has 0 bridgehead atoms. The number of nitrogens with zero attached hydrogens (tertiary/aromatic N) is 8. The van der Waals surface area contributed by atoms with Crippen molar-refractivity contribution in [3.05, 3.63) is 120 Å². The van der Waals surface area contributed by atoms with Crippen molar-refractivity contribution in [3.63, 3.8) is 0 Å². The van der Waals surface area contributed by atoms with Crippen LogP contribution in [0.3, 0.4) is 0 Å². The lowest BCUT2D eigenvalue weighted by Gasteiger charge is -2.21. The molecular formula is C41H37ClN10O8S2. The van der Waals surface area contributed by atoms with Crippen LogP contribution in [0.4, 0.5) is 51.7 Å². The second-order valence-corrected chi connectivity index (χ2v) is 16.6. The van der Waals surface area contributed by atoms with E-state index in [-0.39, 0.29) is 45.7 Å². The number of azo groups is 2. The lowest BCUT2D eigenvalue weighted by Crippen LogP contribution is -2.20. The molecule has 0 spiro atoms. The standard InChI is InChI=1S/C41H37ClN10O8S2/c1-3-52(32-11-4-7-24(2)19-32)41-46-39(42)45-40(47-41)44-29-9-5-10-30(23-29)49-51-37-34(61(54,55)56)22-28-15-17-33(36(43)35(28)38(37)53)50-48-31-16-14-26-20-25(12-13-27(26)21-31)8-6-18-60-62(57,58)59/h4-5,7,9-17,19-23,53H,3,6,8,18,43H2,1-2H3,(H,54,55,56)(H,57,58,59)(H,44,45,46,47)/b50-48+,51-49+. The minimum Gasteiger partial charge on any atom is -0.505 e. The van der Waals surface area contributed by atoms with Gasteiger partial charge >= 0.3 is 10.4 Å². The molecule has 6 N–H and O–H groups in total. The van der Waals surface area contributed by atoms with Crippen LogP contribution in [-0.4, -0.2) is 59.2 Å². The highest BCUT2D eigenvalue weighted by atomic mass is 35.5. The Morgan fingerprint density at radius 1 is 0.806 bits per heavy atom. The molecule has 0 amide bonds. The maximum Gasteiger partial charge on any atom is 0.397 e. The fourth-order valence-corrected chi connectivity index (χ4v) is 7.66. The predicted octanol–water partition coefficient (Wildman–Crippen LogP) is 10.2. The van der Waals surface area contributed by atoms with Crippen molar-refractivity contribution >= 4 is 105 Å². The quantitative estimate of drug-likeness (QED) is 0.0277. The Hall–Kier alpha value is -6.68. The maximum atomic E-state index is 12.6. The molecule has 18 nitrogen and oxygen atoms in total. The third-order valence-corrected chi connectivity index (χ3v) is 10.9. The molecule has 0 saturated heterocycles. The topological polar surface area (TPSA) is 268 Å². The van der Waals surface area contributed by atoms with Crippen LogP contribution < -0.4 is 16.0 Å². The molecule has 0 aliphatic heterocycles. The van der Waals surface area contributed by atoms with Gasteiger partial charge in [-0.15, -0.1) is 10.2 Å². The average Bonchev–Trinajstić information content (AvgIpc) is 3.21. The number of hydrogen-bond donors (Lipinski definition) is 5. The molecule has 0 aliphatic rings. The van der Waals surface area contributed by atoms with E-state index < -0.39 is 36.8 Å². The first-order valence-corrected chi connectivity index (χ1v) is 21.9. The van der Waals surface area contributed by atoms with E-state index in [4.69, 9.17) is 21.9 Å². The summed E-state index contributed by atoms with van der Waals surface area (Å²) < 4.78 is 70.0. The van der Waals surface area contributed by atoms with Gasteiger partial charge in [0.1, 0.15) is 16.3 Å². The highest BCUT2D eigenvalue weighted by Gasteiger charge is 2.24. The van der Waals surface area contributed by atoms with Crippen molar-refractivity contribution in [1.29, 1.82) is 0 Å². The van der Waals surface area contributed by atoms with Gasteiger partial charge in [0, 0.05) is 17.9 Å². The number of aryl methyl sites for hydroxylation is 2. The maximum absolute atomic E-state index is 12.6. The Morgan fingerprint density at radius 2 is 1.53 bits per heavy atom. The molecule has 21 heteroatoms. The Morgan fingerprint density at radius 3 is 2.29 bits per heavy atom. The normalized spacial score (nSPS) is 12.2. The molecule has 62 heavy (non-hydrogen) atoms. The van der Waals surface area contributed by atoms with Gasteiger partial charge in [0.05, 0.1) is 29.1 Å². The number of phenolic OH excluding ortho intramolecular Hbond substituents is 1. The zero-order valence-electron chi connectivity index (χ0n) is 32.9. The van der Waals surface area contributed by atoms with Crippen LogP contribution >= 0.6 is 11.6 Å². The van der Waals surface area contributed by atoms with Crippen LogP contribution in [0.2, 0.25) is 5.28 Å². The number of rotatable bonds is 15. The van der Waals surface area contributed by atoms with Crippen LogP contribution in [-0.2, 0) is 31.1 Å². The van der Waals surface area contributed by atoms with Gasteiger partial charge in [0.15, 0.2) is 5.75 Å². The van der Waals surface area contributed by atoms with Crippen molar-refractivity contribution in [2.45, 2.75) is 31.6 Å². The van der Waals surface area contributed by atoms with Crippen molar-refractivity contribution < 1.29 is 35.2 Å². The molecule has 0 radical (unpaired) electrons. The largest absolute Gasteiger partial charge is 0.505 e. The van der Waals surface area contributed by atoms with Crippen molar-refractivity contribution in [2.24, 2.45) is 20.5 Å². The Kier molecular flexibility index (Phi) is 12.7. The number of phenols is 1. The van der Waals surface area contributed by atoms with E-state index in [1.807, 2.05) is 67.3 Å². The Labute approximate surface area is 360 Å². The summed E-state index contributed by atoms with van der Waals surface area (Å²) in [4.78, 5) is 14.3. The van der Waals surface area contributed by atoms with Gasteiger partial charge in [-0.1, -0.05) is 48.5 Å². The molecule has 0 saturated carbocycles. The minimum absolute atomic E-state index is 0.000510. The zero-order valence-corrected chi connectivity index (χ0v) is 35.3. The molecule has 0 aliphatic carbocycles. The lowest BCUT2D eigenvalue weighted by molar-refractivity contribution is 0.265. The smallest absolute Gasteiger partial charge is 0.397 e. The molecule has 0 atom stereocenters. The van der Waals surface area contributed by atoms with Crippen molar-refractivity contribution in [3.8, 4) is 5.75 Å². The number of fused-ring (bicyclic) bond motifs is 2. The van der Waals surface area contributed by atoms with E-state index >= 15 is 0 Å². The summed E-state index contributed by atoms with van der Waals surface area (Å²) in [6.45, 7) is 4.33. The first-order valence-electron chi connectivity index (χ1n) is 18.7. The predicted molar refractivity (Wildman–Crippen MR) is 236 cm³/mol. The van der Waals surface area contributed by atoms with Gasteiger partial charge in [-0.25, -0.2) is 4.18 Å². The van der Waals surface area contributed by atoms with Crippen LogP contribution in [0.5, 0.6) is 5.75 Å². The first-order chi connectivity index (χ1) is 29.5. The lowest BCUT2D eigenvalue weighted by atomic mass is 10.0. The highest BCUT2D eigenvalue weighted by Crippen LogP contribution is 2.46. The van der Waals surface area contributed by atoms with E-state index in [1.54, 1.807) is 36.4 Å². The van der Waals surface area contributed by atoms with Gasteiger partial charge in [-0.05, 0) is 120 Å². The van der Waals surface area contributed by atoms with E-state index in [0.717, 1.165) is 33.7 Å². The third kappa shape index (κ3) is 10.4. The number of nitrogens with two attached hydrogens (primary N) is 1. The molecule has 7 rings (SSSR count). The van der Waals surface area contributed by atoms with Crippen LogP contribution in [0.1, 0.15) is 24.5 Å². The molecule has 6 aromatic carbocycles. The number of hydrogen-bond acceptors (Lipinski definition) is 16. The van der Waals surface area contributed by atoms with E-state index in [0.29, 0.717) is 36.7 Å². The number of aromatic nitrogens is 3. The summed E-state index contributed by atoms with van der Waals surface area (Å²) >= 11 is 6.31. The third-order valence-electron chi connectivity index (χ3n) is 9.35. The van der Waals surface area contributed by atoms with Gasteiger partial charge in [0.25, 0.3) is 10.1 Å². The van der Waals surface area contributed by atoms with E-state index in [2.05, 4.69) is 44.9 Å². The second-order valence-electron chi connectivity index (χ2n) is 13.7. The molecule has 318 valence electrons. The van der Waals surface area contributed by atoms with Crippen LogP contribution in [0.15, 0.2) is 128 Å². The number of nitrogens with one attached hydrogen (secondary N) is 1. The summed E-state index contributed by atoms with van der Waals surface area (Å²) in [5.74, 6) is -0.214. The SMILES string of the molecule is CCN(c1cccc(C)c1)c1nc(Cl)nc(Nc2cccc(/N=N/c3c(S(=O)(=O)O)cc4ccc(/N=N/c5ccc6cc(CCCOS(=O)(=O)O)ccc6c5)c(N)c4c3O)c2)n1. The van der Waals surface area contributed by atoms with Gasteiger partial charge in [0.2, 0.25) is 17.2 Å². The number of benzene rings is 6. The van der Waals surface area contributed by atoms with E-state index in [9.17, 15) is 26.5 Å². The van der Waals surface area contributed by atoms with Crippen molar-refractivity contribution in [1.82, 2.24) is 15.0 Å². The second kappa shape index (κ2) is 18.1. The van der Waals surface area contributed by atoms with E-state index in [1.165, 1.54) is 12.1 Å². The van der Waals surface area contributed by atoms with Gasteiger partial charge in [-0.2, -0.15) is 42.0 Å². The first kappa shape index (κ1) is 43.4. The van der Waals surface area contributed by atoms with Gasteiger partial charge < -0.3 is 21.1 Å².